The Kier molecular flexibility index (Phi) is 6.58. The molecule has 34 heavy (non-hydrogen) atoms. The molecule has 2 amide bonds. The number of para-hydroxylation sites is 1. The summed E-state index contributed by atoms with van der Waals surface area (Å²) in [4.78, 5) is 27.6. The van der Waals surface area contributed by atoms with Crippen molar-refractivity contribution in [2.45, 2.75) is 69.6 Å². The molecule has 5 rings (SSSR count). The lowest BCUT2D eigenvalue weighted by Crippen LogP contribution is -2.63. The van der Waals surface area contributed by atoms with E-state index in [2.05, 4.69) is 5.32 Å². The minimum atomic E-state index is -1.54. The number of ether oxygens (including phenoxy) is 1. The van der Waals surface area contributed by atoms with Crippen molar-refractivity contribution < 1.29 is 14.3 Å². The summed E-state index contributed by atoms with van der Waals surface area (Å²) < 4.78 is 8.72. The Morgan fingerprint density at radius 2 is 1.97 bits per heavy atom. The summed E-state index contributed by atoms with van der Waals surface area (Å²) in [6, 6.07) is 11.6. The first-order valence-electron chi connectivity index (χ1n) is 12.1. The zero-order chi connectivity index (χ0) is 23.7. The molecule has 1 fully saturated rings. The molecule has 8 heteroatoms. The Morgan fingerprint density at radius 3 is 2.74 bits per heavy atom. The van der Waals surface area contributed by atoms with Crippen molar-refractivity contribution in [3.63, 3.8) is 0 Å². The first-order valence-corrected chi connectivity index (χ1v) is 13.4. The Bertz CT molecular complexity index is 1200. The summed E-state index contributed by atoms with van der Waals surface area (Å²) in [6.45, 7) is 2.83. The van der Waals surface area contributed by atoms with Gasteiger partial charge in [-0.1, -0.05) is 55.5 Å². The average molecular weight is 500 g/mol. The average Bonchev–Trinajstić information content (AvgIpc) is 3.32. The van der Waals surface area contributed by atoms with Crippen LogP contribution in [0, 0.1) is 0 Å². The van der Waals surface area contributed by atoms with Crippen LogP contribution in [0.1, 0.15) is 61.5 Å². The van der Waals surface area contributed by atoms with Gasteiger partial charge in [0.1, 0.15) is 11.4 Å². The number of benzene rings is 1. The van der Waals surface area contributed by atoms with Crippen molar-refractivity contribution in [1.29, 1.82) is 0 Å². The van der Waals surface area contributed by atoms with Crippen molar-refractivity contribution in [1.82, 2.24) is 14.8 Å². The molecule has 3 heterocycles. The Hall–Kier alpha value is -2.51. The number of hydrogen-bond acceptors (Lipinski definition) is 4. The highest BCUT2D eigenvalue weighted by Gasteiger charge is 2.50. The van der Waals surface area contributed by atoms with E-state index >= 15 is 0 Å². The van der Waals surface area contributed by atoms with Crippen molar-refractivity contribution in [2.24, 2.45) is 0 Å². The Labute approximate surface area is 208 Å². The zero-order valence-corrected chi connectivity index (χ0v) is 21.0. The van der Waals surface area contributed by atoms with Gasteiger partial charge in [0.15, 0.2) is 0 Å². The van der Waals surface area contributed by atoms with Gasteiger partial charge in [-0.25, -0.2) is 0 Å². The molecule has 6 nitrogen and oxygen atoms in total. The molecule has 0 saturated heterocycles. The number of hydrogen-bond donors (Lipinski definition) is 1. The van der Waals surface area contributed by atoms with Crippen LogP contribution in [-0.2, 0) is 17.9 Å². The zero-order valence-electron chi connectivity index (χ0n) is 19.4. The smallest absolute Gasteiger partial charge is 0.272 e. The standard InChI is InChI=1S/C26H30ClN3O3S/c1-2-33-22-12-8-7-9-18(22)16-30-24(31)21-15-23-20(13-14-34-23)29(21)17-26(30,27)25(32)28-19-10-5-3-4-6-11-19/h7-9,12-15,19H,2-6,10-11,16-17H2,1H3,(H,28,32). The monoisotopic (exact) mass is 499 g/mol. The molecule has 0 radical (unpaired) electrons. The second kappa shape index (κ2) is 9.62. The van der Waals surface area contributed by atoms with E-state index in [1.54, 1.807) is 11.3 Å². The summed E-state index contributed by atoms with van der Waals surface area (Å²) in [6.07, 6.45) is 6.48. The van der Waals surface area contributed by atoms with Gasteiger partial charge >= 0.3 is 0 Å². The van der Waals surface area contributed by atoms with Crippen LogP contribution in [0.5, 0.6) is 5.75 Å². The number of halogens is 1. The molecule has 1 saturated carbocycles. The second-order valence-electron chi connectivity index (χ2n) is 9.14. The number of aromatic nitrogens is 1. The Balaban J connectivity index is 1.52. The third-order valence-electron chi connectivity index (χ3n) is 6.92. The van der Waals surface area contributed by atoms with E-state index in [4.69, 9.17) is 16.3 Å². The van der Waals surface area contributed by atoms with Gasteiger partial charge in [0.2, 0.25) is 5.00 Å². The lowest BCUT2D eigenvalue weighted by Gasteiger charge is -2.42. The molecule has 3 aromatic rings. The molecule has 180 valence electrons. The lowest BCUT2D eigenvalue weighted by atomic mass is 10.0. The SMILES string of the molecule is CCOc1ccccc1CN1C(=O)c2cc3sccc3n2CC1(Cl)C(=O)NC1CCCCCC1. The predicted molar refractivity (Wildman–Crippen MR) is 136 cm³/mol. The van der Waals surface area contributed by atoms with Crippen LogP contribution >= 0.6 is 22.9 Å². The minimum absolute atomic E-state index is 0.0884. The second-order valence-corrected chi connectivity index (χ2v) is 10.7. The number of thiophene rings is 1. The molecule has 1 N–H and O–H groups in total. The number of nitrogens with one attached hydrogen (secondary N) is 1. The van der Waals surface area contributed by atoms with Gasteiger partial charge in [-0.15, -0.1) is 11.3 Å². The largest absolute Gasteiger partial charge is 0.494 e. The normalized spacial score (nSPS) is 21.4. The number of nitrogens with zero attached hydrogens (tertiary/aromatic N) is 2. The van der Waals surface area contributed by atoms with E-state index in [1.165, 1.54) is 17.7 Å². The number of fused-ring (bicyclic) bond motifs is 3. The summed E-state index contributed by atoms with van der Waals surface area (Å²) in [5.41, 5.74) is 2.33. The van der Waals surface area contributed by atoms with E-state index in [1.807, 2.05) is 53.3 Å². The van der Waals surface area contributed by atoms with Crippen LogP contribution in [0.25, 0.3) is 10.2 Å². The topological polar surface area (TPSA) is 63.6 Å². The minimum Gasteiger partial charge on any atom is -0.494 e. The van der Waals surface area contributed by atoms with E-state index in [-0.39, 0.29) is 30.9 Å². The summed E-state index contributed by atoms with van der Waals surface area (Å²) in [5.74, 6) is 0.154. The molecule has 2 aromatic heterocycles. The number of rotatable bonds is 6. The maximum absolute atomic E-state index is 13.8. The molecule has 0 spiro atoms. The molecule has 1 unspecified atom stereocenters. The molecule has 2 aliphatic rings. The highest BCUT2D eigenvalue weighted by molar-refractivity contribution is 7.17. The summed E-state index contributed by atoms with van der Waals surface area (Å²) >= 11 is 8.79. The highest BCUT2D eigenvalue weighted by atomic mass is 35.5. The van der Waals surface area contributed by atoms with Crippen molar-refractivity contribution >= 4 is 45.0 Å². The molecular weight excluding hydrogens is 470 g/mol. The number of amides is 2. The first-order chi connectivity index (χ1) is 16.5. The molecule has 1 aromatic carbocycles. The van der Waals surface area contributed by atoms with Gasteiger partial charge in [-0.2, -0.15) is 0 Å². The van der Waals surface area contributed by atoms with E-state index in [9.17, 15) is 9.59 Å². The van der Waals surface area contributed by atoms with Gasteiger partial charge in [-0.05, 0) is 43.3 Å². The van der Waals surface area contributed by atoms with Gasteiger partial charge in [0, 0.05) is 11.6 Å². The van der Waals surface area contributed by atoms with Crippen LogP contribution < -0.4 is 10.1 Å². The summed E-state index contributed by atoms with van der Waals surface area (Å²) in [5, 5.41) is 5.20. The van der Waals surface area contributed by atoms with Crippen LogP contribution in [-0.4, -0.2) is 38.9 Å². The molecule has 1 atom stereocenters. The number of carbonyl (C=O) groups excluding carboxylic acids is 2. The van der Waals surface area contributed by atoms with Crippen molar-refractivity contribution in [3.05, 3.63) is 53.0 Å². The van der Waals surface area contributed by atoms with Crippen LogP contribution in [0.2, 0.25) is 0 Å². The number of alkyl halides is 1. The third kappa shape index (κ3) is 4.20. The quantitative estimate of drug-likeness (QED) is 0.275. The van der Waals surface area contributed by atoms with Gasteiger partial charge in [-0.3, -0.25) is 9.59 Å². The fourth-order valence-electron chi connectivity index (χ4n) is 5.13. The molecule has 1 aliphatic heterocycles. The summed E-state index contributed by atoms with van der Waals surface area (Å²) in [7, 11) is 0. The molecule has 1 aliphatic carbocycles. The van der Waals surface area contributed by atoms with Gasteiger partial charge in [0.05, 0.1) is 29.9 Å². The van der Waals surface area contributed by atoms with E-state index < -0.39 is 5.00 Å². The van der Waals surface area contributed by atoms with E-state index in [0.717, 1.165) is 41.5 Å². The van der Waals surface area contributed by atoms with Crippen LogP contribution in [0.4, 0.5) is 0 Å². The molecular formula is C26H30ClN3O3S. The highest BCUT2D eigenvalue weighted by Crippen LogP contribution is 2.38. The van der Waals surface area contributed by atoms with Crippen molar-refractivity contribution in [3.8, 4) is 5.75 Å². The maximum atomic E-state index is 13.8. The van der Waals surface area contributed by atoms with Crippen LogP contribution in [0.15, 0.2) is 41.8 Å². The van der Waals surface area contributed by atoms with Gasteiger partial charge < -0.3 is 19.5 Å². The van der Waals surface area contributed by atoms with Crippen molar-refractivity contribution in [2.75, 3.05) is 6.61 Å². The Morgan fingerprint density at radius 1 is 1.21 bits per heavy atom. The number of carbonyl (C=O) groups is 2. The fourth-order valence-corrected chi connectivity index (χ4v) is 6.26. The first kappa shape index (κ1) is 23.2. The lowest BCUT2D eigenvalue weighted by molar-refractivity contribution is -0.129. The third-order valence-corrected chi connectivity index (χ3v) is 8.27. The predicted octanol–water partition coefficient (Wildman–Crippen LogP) is 5.53. The molecule has 0 bridgehead atoms. The van der Waals surface area contributed by atoms with Crippen LogP contribution in [0.3, 0.4) is 0 Å². The fraction of sp³-hybridized carbons (Fsp3) is 0.462. The van der Waals surface area contributed by atoms with Gasteiger partial charge in [0.25, 0.3) is 11.8 Å². The maximum Gasteiger partial charge on any atom is 0.272 e. The van der Waals surface area contributed by atoms with E-state index in [0.29, 0.717) is 18.1 Å².